The lowest BCUT2D eigenvalue weighted by atomic mass is 9.94. The molecular weight excluding hydrogens is 419 g/mol. The standard InChI is InChI=1S/C25H14F3NO3/c26-25(27,28)20-11-9-19(10-12-20)22-23(30)21(32-24(22)31)13-15-1-5-17(6-2-15)18-7-3-16(14-29)4-8-18/h1-13,22H/b21-13-. The van der Waals surface area contributed by atoms with Gasteiger partial charge in [-0.2, -0.15) is 18.4 Å². The van der Waals surface area contributed by atoms with E-state index in [9.17, 15) is 22.8 Å². The molecule has 1 aliphatic rings. The van der Waals surface area contributed by atoms with Crippen molar-refractivity contribution in [3.8, 4) is 17.2 Å². The molecule has 1 heterocycles. The lowest BCUT2D eigenvalue weighted by Crippen LogP contribution is -2.13. The van der Waals surface area contributed by atoms with Crippen molar-refractivity contribution in [3.05, 3.63) is 101 Å². The van der Waals surface area contributed by atoms with Crippen LogP contribution in [-0.2, 0) is 20.5 Å². The van der Waals surface area contributed by atoms with Crippen molar-refractivity contribution in [2.45, 2.75) is 12.1 Å². The Bertz CT molecular complexity index is 1250. The van der Waals surface area contributed by atoms with E-state index in [0.29, 0.717) is 11.1 Å². The number of rotatable bonds is 3. The molecule has 0 spiro atoms. The number of benzene rings is 3. The van der Waals surface area contributed by atoms with Crippen molar-refractivity contribution < 1.29 is 27.5 Å². The number of cyclic esters (lactones) is 1. The van der Waals surface area contributed by atoms with Crippen molar-refractivity contribution in [1.29, 1.82) is 5.26 Å². The molecular formula is C25H14F3NO3. The minimum Gasteiger partial charge on any atom is -0.422 e. The van der Waals surface area contributed by atoms with Gasteiger partial charge in [0.15, 0.2) is 5.76 Å². The summed E-state index contributed by atoms with van der Waals surface area (Å²) in [5.41, 5.74) is 2.26. The van der Waals surface area contributed by atoms with Crippen molar-refractivity contribution in [3.63, 3.8) is 0 Å². The van der Waals surface area contributed by atoms with E-state index in [0.717, 1.165) is 35.4 Å². The average Bonchev–Trinajstić information content (AvgIpc) is 3.06. The van der Waals surface area contributed by atoms with Crippen molar-refractivity contribution in [2.75, 3.05) is 0 Å². The summed E-state index contributed by atoms with van der Waals surface area (Å²) >= 11 is 0. The number of nitriles is 1. The number of esters is 1. The van der Waals surface area contributed by atoms with Gasteiger partial charge in [-0.3, -0.25) is 9.59 Å². The highest BCUT2D eigenvalue weighted by Crippen LogP contribution is 2.34. The van der Waals surface area contributed by atoms with Crippen molar-refractivity contribution in [2.24, 2.45) is 0 Å². The maximum absolute atomic E-state index is 12.7. The van der Waals surface area contributed by atoms with Crippen LogP contribution in [-0.4, -0.2) is 11.8 Å². The Morgan fingerprint density at radius 1 is 0.844 bits per heavy atom. The maximum atomic E-state index is 12.7. The number of hydrogen-bond donors (Lipinski definition) is 0. The average molecular weight is 433 g/mol. The Kier molecular flexibility index (Phi) is 5.37. The van der Waals surface area contributed by atoms with E-state index >= 15 is 0 Å². The number of ketones is 1. The van der Waals surface area contributed by atoms with E-state index in [1.54, 1.807) is 24.3 Å². The van der Waals surface area contributed by atoms with Crippen LogP contribution in [0.5, 0.6) is 0 Å². The van der Waals surface area contributed by atoms with Crippen LogP contribution in [0.4, 0.5) is 13.2 Å². The second kappa shape index (κ2) is 8.16. The van der Waals surface area contributed by atoms with Gasteiger partial charge in [0.25, 0.3) is 0 Å². The highest BCUT2D eigenvalue weighted by Gasteiger charge is 2.41. The normalized spacial score (nSPS) is 17.3. The van der Waals surface area contributed by atoms with Gasteiger partial charge in [-0.1, -0.05) is 48.5 Å². The minimum atomic E-state index is -4.51. The van der Waals surface area contributed by atoms with Gasteiger partial charge < -0.3 is 4.74 Å². The van der Waals surface area contributed by atoms with Crippen molar-refractivity contribution in [1.82, 2.24) is 0 Å². The van der Waals surface area contributed by atoms with Crippen LogP contribution in [0.15, 0.2) is 78.6 Å². The quantitative estimate of drug-likeness (QED) is 0.311. The first-order valence-electron chi connectivity index (χ1n) is 9.51. The first-order chi connectivity index (χ1) is 15.3. The third-order valence-electron chi connectivity index (χ3n) is 5.08. The molecule has 1 unspecified atom stereocenters. The zero-order valence-electron chi connectivity index (χ0n) is 16.4. The Labute approximate surface area is 181 Å². The molecule has 0 aromatic heterocycles. The van der Waals surface area contributed by atoms with E-state index in [2.05, 4.69) is 6.07 Å². The number of halogens is 3. The Balaban J connectivity index is 1.54. The number of Topliss-reactive ketones (excluding diaryl/α,β-unsaturated/α-hetero) is 1. The molecule has 0 aliphatic carbocycles. The van der Waals surface area contributed by atoms with Gasteiger partial charge in [-0.25, -0.2) is 0 Å². The van der Waals surface area contributed by atoms with Gasteiger partial charge in [-0.05, 0) is 52.6 Å². The van der Waals surface area contributed by atoms with E-state index < -0.39 is 29.4 Å². The van der Waals surface area contributed by atoms with E-state index in [-0.39, 0.29) is 11.3 Å². The highest BCUT2D eigenvalue weighted by molar-refractivity contribution is 6.19. The third kappa shape index (κ3) is 4.16. The first kappa shape index (κ1) is 21.1. The molecule has 0 saturated carbocycles. The summed E-state index contributed by atoms with van der Waals surface area (Å²) in [5.74, 6) is -2.88. The fourth-order valence-corrected chi connectivity index (χ4v) is 3.38. The number of alkyl halides is 3. The van der Waals surface area contributed by atoms with Crippen LogP contribution in [0, 0.1) is 11.3 Å². The van der Waals surface area contributed by atoms with E-state index in [1.807, 2.05) is 24.3 Å². The summed E-state index contributed by atoms with van der Waals surface area (Å²) < 4.78 is 43.3. The second-order valence-electron chi connectivity index (χ2n) is 7.16. The van der Waals surface area contributed by atoms with Crippen LogP contribution in [0.1, 0.15) is 28.2 Å². The molecule has 0 N–H and O–H groups in total. The lowest BCUT2D eigenvalue weighted by molar-refractivity contribution is -0.137. The molecule has 1 aliphatic heterocycles. The largest absolute Gasteiger partial charge is 0.422 e. The molecule has 0 radical (unpaired) electrons. The Morgan fingerprint density at radius 3 is 1.94 bits per heavy atom. The molecule has 4 nitrogen and oxygen atoms in total. The zero-order valence-corrected chi connectivity index (χ0v) is 16.4. The lowest BCUT2D eigenvalue weighted by Gasteiger charge is -2.08. The molecule has 158 valence electrons. The number of ether oxygens (including phenoxy) is 1. The third-order valence-corrected chi connectivity index (χ3v) is 5.08. The molecule has 0 amide bonds. The van der Waals surface area contributed by atoms with Gasteiger partial charge in [0.1, 0.15) is 5.92 Å². The number of hydrogen-bond acceptors (Lipinski definition) is 4. The van der Waals surface area contributed by atoms with Crippen LogP contribution >= 0.6 is 0 Å². The summed E-state index contributed by atoms with van der Waals surface area (Å²) in [6, 6.07) is 20.1. The fourth-order valence-electron chi connectivity index (χ4n) is 3.38. The summed E-state index contributed by atoms with van der Waals surface area (Å²) in [5, 5.41) is 8.88. The molecule has 1 saturated heterocycles. The fraction of sp³-hybridized carbons (Fsp3) is 0.0800. The summed E-state index contributed by atoms with van der Waals surface area (Å²) in [6.45, 7) is 0. The molecule has 3 aromatic rings. The monoisotopic (exact) mass is 433 g/mol. The Hall–Kier alpha value is -4.18. The SMILES string of the molecule is N#Cc1ccc(-c2ccc(/C=C3\OC(=O)C(c4ccc(C(F)(F)F)cc4)C3=O)cc2)cc1. The highest BCUT2D eigenvalue weighted by atomic mass is 19.4. The molecule has 4 rings (SSSR count). The van der Waals surface area contributed by atoms with E-state index in [4.69, 9.17) is 10.00 Å². The van der Waals surface area contributed by atoms with Gasteiger partial charge >= 0.3 is 12.1 Å². The number of carbonyl (C=O) groups excluding carboxylic acids is 2. The zero-order chi connectivity index (χ0) is 22.9. The summed E-state index contributed by atoms with van der Waals surface area (Å²) in [4.78, 5) is 24.9. The number of allylic oxidation sites excluding steroid dienone is 1. The van der Waals surface area contributed by atoms with Crippen LogP contribution < -0.4 is 0 Å². The summed E-state index contributed by atoms with van der Waals surface area (Å²) in [7, 11) is 0. The minimum absolute atomic E-state index is 0.146. The van der Waals surface area contributed by atoms with Crippen LogP contribution in [0.3, 0.4) is 0 Å². The van der Waals surface area contributed by atoms with Gasteiger partial charge in [0.2, 0.25) is 5.78 Å². The van der Waals surface area contributed by atoms with Gasteiger partial charge in [-0.15, -0.1) is 0 Å². The molecule has 32 heavy (non-hydrogen) atoms. The van der Waals surface area contributed by atoms with Crippen LogP contribution in [0.2, 0.25) is 0 Å². The summed E-state index contributed by atoms with van der Waals surface area (Å²) in [6.07, 6.45) is -3.08. The number of carbonyl (C=O) groups is 2. The van der Waals surface area contributed by atoms with Crippen LogP contribution in [0.25, 0.3) is 17.2 Å². The molecule has 1 atom stereocenters. The van der Waals surface area contributed by atoms with Gasteiger partial charge in [0.05, 0.1) is 17.2 Å². The Morgan fingerprint density at radius 2 is 1.41 bits per heavy atom. The molecule has 1 fully saturated rings. The molecule has 0 bridgehead atoms. The first-order valence-corrected chi connectivity index (χ1v) is 9.51. The number of nitrogens with zero attached hydrogens (tertiary/aromatic N) is 1. The molecule has 3 aromatic carbocycles. The predicted octanol–water partition coefficient (Wildman–Crippen LogP) is 5.49. The van der Waals surface area contributed by atoms with Gasteiger partial charge in [0, 0.05) is 0 Å². The molecule has 7 heteroatoms. The predicted molar refractivity (Wildman–Crippen MR) is 110 cm³/mol. The van der Waals surface area contributed by atoms with Crippen molar-refractivity contribution >= 4 is 17.8 Å². The second-order valence-corrected chi connectivity index (χ2v) is 7.16. The van der Waals surface area contributed by atoms with E-state index in [1.165, 1.54) is 6.08 Å². The smallest absolute Gasteiger partial charge is 0.416 e. The topological polar surface area (TPSA) is 67.2 Å². The maximum Gasteiger partial charge on any atom is 0.416 e.